The average molecular weight is 446 g/mol. The number of methoxy groups -OCH3 is 1. The number of nitrogens with zero attached hydrogens (tertiary/aromatic N) is 1. The highest BCUT2D eigenvalue weighted by Crippen LogP contribution is 2.28. The summed E-state index contributed by atoms with van der Waals surface area (Å²) < 4.78 is 47.5. The van der Waals surface area contributed by atoms with Crippen molar-refractivity contribution in [2.24, 2.45) is 0 Å². The molecule has 2 rings (SSSR count). The van der Waals surface area contributed by atoms with Crippen molar-refractivity contribution >= 4 is 21.8 Å². The van der Waals surface area contributed by atoms with E-state index in [1.165, 1.54) is 23.1 Å². The molecule has 27 heavy (non-hydrogen) atoms. The third kappa shape index (κ3) is 6.46. The summed E-state index contributed by atoms with van der Waals surface area (Å²) >= 11 is 3.39. The number of benzene rings is 2. The van der Waals surface area contributed by atoms with Crippen molar-refractivity contribution in [1.82, 2.24) is 4.90 Å². The van der Waals surface area contributed by atoms with Crippen LogP contribution in [0.3, 0.4) is 0 Å². The van der Waals surface area contributed by atoms with E-state index in [2.05, 4.69) is 20.7 Å². The molecule has 0 bridgehead atoms. The van der Waals surface area contributed by atoms with Gasteiger partial charge in [-0.05, 0) is 46.1 Å². The molecule has 0 aromatic heterocycles. The standard InChI is InChI=1S/C19H19BrF3NO3/c1-24(12-14-5-3-4-6-16(14)27-19(21,22)23)18(25)10-8-13-7-9-17(26-2)15(20)11-13/h3-7,9,11H,8,10,12H2,1-2H3. The summed E-state index contributed by atoms with van der Waals surface area (Å²) in [6.45, 7) is 0.0252. The molecule has 0 spiro atoms. The highest BCUT2D eigenvalue weighted by atomic mass is 79.9. The second-order valence-corrected chi connectivity index (χ2v) is 6.73. The number of amides is 1. The van der Waals surface area contributed by atoms with Crippen LogP contribution in [0.15, 0.2) is 46.9 Å². The zero-order valence-corrected chi connectivity index (χ0v) is 16.4. The van der Waals surface area contributed by atoms with E-state index in [0.29, 0.717) is 12.2 Å². The quantitative estimate of drug-likeness (QED) is 0.605. The first kappa shape index (κ1) is 21.1. The normalized spacial score (nSPS) is 11.2. The molecule has 0 aliphatic rings. The second kappa shape index (κ2) is 9.12. The predicted molar refractivity (Wildman–Crippen MR) is 98.6 cm³/mol. The number of carbonyl (C=O) groups is 1. The Kier molecular flexibility index (Phi) is 7.12. The van der Waals surface area contributed by atoms with Gasteiger partial charge in [0.15, 0.2) is 0 Å². The average Bonchev–Trinajstić information content (AvgIpc) is 2.60. The number of hydrogen-bond acceptors (Lipinski definition) is 3. The van der Waals surface area contributed by atoms with Gasteiger partial charge in [-0.25, -0.2) is 0 Å². The fourth-order valence-corrected chi connectivity index (χ4v) is 3.10. The Balaban J connectivity index is 1.97. The van der Waals surface area contributed by atoms with Crippen LogP contribution in [0.25, 0.3) is 0 Å². The van der Waals surface area contributed by atoms with E-state index in [1.807, 2.05) is 12.1 Å². The van der Waals surface area contributed by atoms with Crippen LogP contribution in [0, 0.1) is 0 Å². The molecule has 0 saturated heterocycles. The number of alkyl halides is 3. The van der Waals surface area contributed by atoms with Crippen molar-refractivity contribution in [1.29, 1.82) is 0 Å². The lowest BCUT2D eigenvalue weighted by Gasteiger charge is -2.20. The maximum Gasteiger partial charge on any atom is 0.573 e. The summed E-state index contributed by atoms with van der Waals surface area (Å²) in [7, 11) is 3.12. The summed E-state index contributed by atoms with van der Waals surface area (Å²) in [4.78, 5) is 13.7. The maximum absolute atomic E-state index is 12.5. The van der Waals surface area contributed by atoms with Gasteiger partial charge in [-0.15, -0.1) is 13.2 Å². The van der Waals surface area contributed by atoms with Crippen LogP contribution in [0.4, 0.5) is 13.2 Å². The minimum absolute atomic E-state index is 0.0252. The summed E-state index contributed by atoms with van der Waals surface area (Å²) in [5, 5.41) is 0. The molecule has 0 aliphatic carbocycles. The summed E-state index contributed by atoms with van der Waals surface area (Å²) in [5.41, 5.74) is 1.24. The molecule has 0 heterocycles. The minimum atomic E-state index is -4.78. The van der Waals surface area contributed by atoms with Crippen LogP contribution in [0.1, 0.15) is 17.5 Å². The number of carbonyl (C=O) groups excluding carboxylic acids is 1. The fourth-order valence-electron chi connectivity index (χ4n) is 2.51. The van der Waals surface area contributed by atoms with Crippen LogP contribution in [0.2, 0.25) is 0 Å². The van der Waals surface area contributed by atoms with Gasteiger partial charge < -0.3 is 14.4 Å². The van der Waals surface area contributed by atoms with Gasteiger partial charge >= 0.3 is 6.36 Å². The zero-order valence-electron chi connectivity index (χ0n) is 14.8. The van der Waals surface area contributed by atoms with Gasteiger partial charge in [0.1, 0.15) is 11.5 Å². The number of hydrogen-bond donors (Lipinski definition) is 0. The van der Waals surface area contributed by atoms with Crippen LogP contribution in [-0.2, 0) is 17.8 Å². The lowest BCUT2D eigenvalue weighted by molar-refractivity contribution is -0.275. The second-order valence-electron chi connectivity index (χ2n) is 5.87. The number of rotatable bonds is 7. The van der Waals surface area contributed by atoms with Crippen LogP contribution in [-0.4, -0.2) is 31.3 Å². The van der Waals surface area contributed by atoms with Gasteiger partial charge in [0.2, 0.25) is 5.91 Å². The Labute approximate surface area is 164 Å². The number of ether oxygens (including phenoxy) is 2. The first-order valence-electron chi connectivity index (χ1n) is 8.09. The molecule has 8 heteroatoms. The van der Waals surface area contributed by atoms with Gasteiger partial charge in [0.05, 0.1) is 11.6 Å². The van der Waals surface area contributed by atoms with E-state index < -0.39 is 6.36 Å². The van der Waals surface area contributed by atoms with Gasteiger partial charge in [0, 0.05) is 25.6 Å². The molecular formula is C19H19BrF3NO3. The fraction of sp³-hybridized carbons (Fsp3) is 0.316. The van der Waals surface area contributed by atoms with Crippen molar-refractivity contribution in [3.63, 3.8) is 0 Å². The lowest BCUT2D eigenvalue weighted by atomic mass is 10.1. The molecule has 2 aromatic carbocycles. The molecule has 0 N–H and O–H groups in total. The van der Waals surface area contributed by atoms with E-state index in [1.54, 1.807) is 26.3 Å². The molecule has 0 saturated carbocycles. The van der Waals surface area contributed by atoms with Gasteiger partial charge in [0.25, 0.3) is 0 Å². The molecular weight excluding hydrogens is 427 g/mol. The maximum atomic E-state index is 12.5. The highest BCUT2D eigenvalue weighted by molar-refractivity contribution is 9.10. The van der Waals surface area contributed by atoms with Crippen LogP contribution < -0.4 is 9.47 Å². The molecule has 146 valence electrons. The Bertz CT molecular complexity index is 796. The van der Waals surface area contributed by atoms with Crippen molar-refractivity contribution in [3.05, 3.63) is 58.1 Å². The third-order valence-corrected chi connectivity index (χ3v) is 4.50. The first-order valence-corrected chi connectivity index (χ1v) is 8.89. The summed E-state index contributed by atoms with van der Waals surface area (Å²) in [5.74, 6) is 0.218. The first-order chi connectivity index (χ1) is 12.7. The van der Waals surface area contributed by atoms with E-state index in [9.17, 15) is 18.0 Å². The number of para-hydroxylation sites is 1. The molecule has 2 aromatic rings. The molecule has 0 radical (unpaired) electrons. The number of halogens is 4. The monoisotopic (exact) mass is 445 g/mol. The van der Waals surface area contributed by atoms with Gasteiger partial charge in [-0.2, -0.15) is 0 Å². The van der Waals surface area contributed by atoms with Gasteiger partial charge in [-0.1, -0.05) is 24.3 Å². The molecule has 0 unspecified atom stereocenters. The Morgan fingerprint density at radius 2 is 1.85 bits per heavy atom. The van der Waals surface area contributed by atoms with E-state index in [0.717, 1.165) is 10.0 Å². The van der Waals surface area contributed by atoms with Crippen molar-refractivity contribution in [2.45, 2.75) is 25.7 Å². The molecule has 0 atom stereocenters. The molecule has 0 fully saturated rings. The number of aryl methyl sites for hydroxylation is 1. The van der Waals surface area contributed by atoms with Crippen molar-refractivity contribution in [2.75, 3.05) is 14.2 Å². The largest absolute Gasteiger partial charge is 0.573 e. The summed E-state index contributed by atoms with van der Waals surface area (Å²) in [6, 6.07) is 11.3. The Morgan fingerprint density at radius 1 is 1.15 bits per heavy atom. The van der Waals surface area contributed by atoms with Crippen LogP contribution >= 0.6 is 15.9 Å². The van der Waals surface area contributed by atoms with Gasteiger partial charge in [-0.3, -0.25) is 4.79 Å². The van der Waals surface area contributed by atoms with Crippen molar-refractivity contribution < 1.29 is 27.4 Å². The lowest BCUT2D eigenvalue weighted by Crippen LogP contribution is -2.27. The topological polar surface area (TPSA) is 38.8 Å². The smallest absolute Gasteiger partial charge is 0.496 e. The summed E-state index contributed by atoms with van der Waals surface area (Å²) in [6.07, 6.45) is -4.04. The Hall–Kier alpha value is -2.22. The molecule has 4 nitrogen and oxygen atoms in total. The van der Waals surface area contributed by atoms with E-state index >= 15 is 0 Å². The predicted octanol–water partition coefficient (Wildman–Crippen LogP) is 4.95. The van der Waals surface area contributed by atoms with E-state index in [-0.39, 0.29) is 30.2 Å². The van der Waals surface area contributed by atoms with E-state index in [4.69, 9.17) is 4.74 Å². The van der Waals surface area contributed by atoms with Crippen molar-refractivity contribution in [3.8, 4) is 11.5 Å². The van der Waals surface area contributed by atoms with Crippen LogP contribution in [0.5, 0.6) is 11.5 Å². The minimum Gasteiger partial charge on any atom is -0.496 e. The SMILES string of the molecule is COc1ccc(CCC(=O)N(C)Cc2ccccc2OC(F)(F)F)cc1Br. The highest BCUT2D eigenvalue weighted by Gasteiger charge is 2.32. The molecule has 1 amide bonds. The zero-order chi connectivity index (χ0) is 20.0. The Morgan fingerprint density at radius 3 is 2.48 bits per heavy atom. The third-order valence-electron chi connectivity index (χ3n) is 3.88. The molecule has 0 aliphatic heterocycles.